The summed E-state index contributed by atoms with van der Waals surface area (Å²) in [6, 6.07) is 11.7. The van der Waals surface area contributed by atoms with Gasteiger partial charge >= 0.3 is 47.2 Å². The number of halogens is 20. The first-order valence-electron chi connectivity index (χ1n) is 42.7. The van der Waals surface area contributed by atoms with E-state index in [-0.39, 0.29) is 181 Å². The molecule has 745 valence electrons. The third kappa shape index (κ3) is 24.8. The minimum absolute atomic E-state index is 0. The summed E-state index contributed by atoms with van der Waals surface area (Å²) in [5.41, 5.74) is -6.20. The zero-order valence-electron chi connectivity index (χ0n) is 72.1. The van der Waals surface area contributed by atoms with Gasteiger partial charge in [-0.2, -0.15) is 52.7 Å². The first-order valence-corrected chi connectivity index (χ1v) is 47.2. The first-order chi connectivity index (χ1) is 65.4. The monoisotopic (exact) mass is 2080 g/mol. The Hall–Kier alpha value is -11.3. The number of alkyl halides is 16. The quantitative estimate of drug-likeness (QED) is 0.0538. The molecule has 5 aliphatic heterocycles. The average molecular weight is 2080 g/mol. The molecule has 1 saturated carbocycles. The number of aliphatic hydroxyl groups excluding tert-OH is 1. The molecule has 13 heterocycles. The Morgan fingerprint density at radius 1 is 0.388 bits per heavy atom. The van der Waals surface area contributed by atoms with E-state index in [2.05, 4.69) is 4.90 Å². The molecule has 1 N–H and O–H groups in total. The van der Waals surface area contributed by atoms with E-state index in [9.17, 15) is 136 Å². The summed E-state index contributed by atoms with van der Waals surface area (Å²) in [6.45, 7) is 1.17. The van der Waals surface area contributed by atoms with Crippen LogP contribution in [0, 0.1) is 23.3 Å². The van der Waals surface area contributed by atoms with Gasteiger partial charge in [-0.15, -0.1) is 45.3 Å². The Balaban J connectivity index is 0.000000161. The van der Waals surface area contributed by atoms with Crippen LogP contribution in [0.3, 0.4) is 0 Å². The first kappa shape index (κ1) is 107. The Morgan fingerprint density at radius 3 is 0.993 bits per heavy atom. The fourth-order valence-electron chi connectivity index (χ4n) is 16.9. The second-order valence-corrected chi connectivity index (χ2v) is 36.9. The molecule has 46 heteroatoms. The number of hydrogen-bond acceptors (Lipinski definition) is 17. The van der Waals surface area contributed by atoms with Gasteiger partial charge in [0, 0.05) is 132 Å². The zero-order chi connectivity index (χ0) is 99.9. The molecule has 18 rings (SSSR count). The van der Waals surface area contributed by atoms with E-state index in [1.54, 1.807) is 17.6 Å². The van der Waals surface area contributed by atoms with E-state index in [0.717, 1.165) is 97.4 Å². The number of nitrogens with zero attached hydrogens (tertiary/aromatic N) is 9. The molecular formula is C93H85F20MnN9O12S4. The third-order valence-electron chi connectivity index (χ3n) is 23.9. The maximum atomic E-state index is 13.9. The van der Waals surface area contributed by atoms with Crippen LogP contribution in [0.2, 0.25) is 0 Å². The molecule has 6 aliphatic rings. The van der Waals surface area contributed by atoms with Crippen molar-refractivity contribution in [3.05, 3.63) is 229 Å². The van der Waals surface area contributed by atoms with Gasteiger partial charge in [-0.25, -0.2) is 35.1 Å². The number of fused-ring (bicyclic) bond motifs is 4. The molecule has 21 nitrogen and oxygen atoms in total. The SMILES string of the molecule is C.C1CCCC1.O=C(Cn1cc(CN2CCCC2)c2scc(-c3ccc(F)c(C(F)(F)F)c3)c2c1=O)N1CCC(F)C1.O=C(Cn1cc(CO)c2scc(-c3ccc(F)c(C(F)(F)F)c3)c2c1=O)N1CCC(F)C1.O=C(Cn1ccc2scc(-c3ccc(F)c(C(F)(F)F)c3)c2c1=O)N1CCC(F)C1.O=Cc1cn(CC(=O)N2CCC(F)C2)c(=O)c2c(-c3ccc(F)c(C(F)(F)F)c3)csc12.[O]=[Mn]=[O]. The van der Waals surface area contributed by atoms with Gasteiger partial charge < -0.3 is 43.0 Å². The number of pyridine rings is 4. The van der Waals surface area contributed by atoms with E-state index in [0.29, 0.717) is 75.0 Å². The van der Waals surface area contributed by atoms with Crippen LogP contribution in [0.5, 0.6) is 0 Å². The zero-order valence-corrected chi connectivity index (χ0v) is 76.6. The van der Waals surface area contributed by atoms with Gasteiger partial charge in [0.05, 0.1) is 81.3 Å². The number of likely N-dealkylation sites (tertiary alicyclic amines) is 5. The number of thiophene rings is 4. The van der Waals surface area contributed by atoms with Crippen LogP contribution in [0.15, 0.2) is 144 Å². The fraction of sp³-hybridized carbons (Fsp3) is 0.387. The van der Waals surface area contributed by atoms with Gasteiger partial charge in [0.15, 0.2) is 6.29 Å². The number of carbonyl (C=O) groups is 5. The van der Waals surface area contributed by atoms with Gasteiger partial charge in [-0.05, 0) is 128 Å². The van der Waals surface area contributed by atoms with Gasteiger partial charge in [0.1, 0.15) is 74.1 Å². The van der Waals surface area contributed by atoms with Crippen molar-refractivity contribution in [1.29, 1.82) is 0 Å². The second-order valence-electron chi connectivity index (χ2n) is 33.2. The van der Waals surface area contributed by atoms with E-state index < -0.39 is 169 Å². The number of aliphatic hydroxyl groups is 1. The molecule has 1 aliphatic carbocycles. The molecule has 5 saturated heterocycles. The van der Waals surface area contributed by atoms with Crippen molar-refractivity contribution in [2.45, 2.75) is 167 Å². The van der Waals surface area contributed by atoms with E-state index in [1.807, 2.05) is 0 Å². The van der Waals surface area contributed by atoms with Crippen molar-refractivity contribution in [3.63, 3.8) is 0 Å². The Labute approximate surface area is 798 Å². The Bertz CT molecular complexity index is 6860. The number of aromatic nitrogens is 4. The van der Waals surface area contributed by atoms with Gasteiger partial charge in [0.25, 0.3) is 22.2 Å². The number of hydrogen-bond donors (Lipinski definition) is 1. The van der Waals surface area contributed by atoms with E-state index in [4.69, 9.17) is 7.67 Å². The van der Waals surface area contributed by atoms with Crippen molar-refractivity contribution in [2.75, 3.05) is 65.4 Å². The third-order valence-corrected chi connectivity index (χ3v) is 28.0. The average Bonchev–Trinajstić information content (AvgIpc) is 1.47. The molecule has 6 fully saturated rings. The number of amides is 4. The topological polar surface area (TPSA) is 244 Å². The number of carbonyl (C=O) groups excluding carboxylic acids is 5. The van der Waals surface area contributed by atoms with Crippen LogP contribution in [0.4, 0.5) is 87.8 Å². The molecule has 4 unspecified atom stereocenters. The molecule has 12 aromatic rings. The fourth-order valence-corrected chi connectivity index (χ4v) is 21.1. The summed E-state index contributed by atoms with van der Waals surface area (Å²) in [4.78, 5) is 122. The summed E-state index contributed by atoms with van der Waals surface area (Å²) in [5.74, 6) is -7.46. The Kier molecular flexibility index (Phi) is 34.6. The van der Waals surface area contributed by atoms with Crippen molar-refractivity contribution < 1.29 is 139 Å². The molecule has 139 heavy (non-hydrogen) atoms. The van der Waals surface area contributed by atoms with Gasteiger partial charge in [0.2, 0.25) is 23.6 Å². The van der Waals surface area contributed by atoms with E-state index >= 15 is 0 Å². The predicted molar refractivity (Wildman–Crippen MR) is 477 cm³/mol. The maximum absolute atomic E-state index is 13.9. The minimum atomic E-state index is -4.93. The van der Waals surface area contributed by atoms with Crippen molar-refractivity contribution in [2.24, 2.45) is 0 Å². The summed E-state index contributed by atoms with van der Waals surface area (Å²) in [7, 11) is 0. The van der Waals surface area contributed by atoms with Gasteiger partial charge in [-0.1, -0.05) is 63.8 Å². The Morgan fingerprint density at radius 2 is 0.676 bits per heavy atom. The van der Waals surface area contributed by atoms with Crippen molar-refractivity contribution in [3.8, 4) is 44.5 Å². The summed E-state index contributed by atoms with van der Waals surface area (Å²) in [6.07, 6.45) is -7.51. The molecule has 0 spiro atoms. The van der Waals surface area contributed by atoms with Crippen molar-refractivity contribution in [1.82, 2.24) is 42.8 Å². The van der Waals surface area contributed by atoms with Crippen LogP contribution >= 0.6 is 45.3 Å². The van der Waals surface area contributed by atoms with Crippen LogP contribution in [-0.2, 0) is 106 Å². The standard InChI is InChI=1S/C25H24F5N3O2S.C21H17F5N2O3S.C21H15F5N2O3S.C20H15F5N2O2S.C5H10.CH4.Mn.2O/c26-17-5-8-32(12-17)21(34)13-33-11-16(10-31-6-1-2-7-31)23-22(24(33)35)18(14-36-23)15-3-4-20(27)19(9-15)25(28,29)30;2*22-13-3-4-27(7-13)17(30)8-28-6-12(9-29)19-18(20(28)31)14(10-32-19)11-1-2-16(23)15(5-11)21(24,25)26;21-12-3-5-26(8-12)17(28)9-27-6-4-16-18(19(27)29)13(10-30-16)11-1-2-15(22)14(7-11)20(23,24)25;1-2-4-5-3-1;;;;/h3-4,9,11,14,17H,1-2,5-8,10,12-13H2;1-2,5-6,10,13,29H,3-4,7-9H2;1-2,5-6,9-10,13H,3-4,7-8H2;1-2,4,6-7,10,12H,3,5,8-9H2;1-5H2;1H4;;;. The molecule has 4 atom stereocenters. The van der Waals surface area contributed by atoms with Crippen LogP contribution in [-0.4, -0.2) is 168 Å². The number of aldehydes is 1. The van der Waals surface area contributed by atoms with Crippen LogP contribution < -0.4 is 22.2 Å². The summed E-state index contributed by atoms with van der Waals surface area (Å²) >= 11 is 3.00. The molecule has 0 bridgehead atoms. The molecule has 0 radical (unpaired) electrons. The number of rotatable bonds is 16. The predicted octanol–water partition coefficient (Wildman–Crippen LogP) is 20.1. The van der Waals surface area contributed by atoms with Gasteiger partial charge in [-0.3, -0.25) is 48.1 Å². The molecule has 4 amide bonds. The summed E-state index contributed by atoms with van der Waals surface area (Å²) < 4.78 is 290. The van der Waals surface area contributed by atoms with E-state index in [1.165, 1.54) is 114 Å². The van der Waals surface area contributed by atoms with Crippen LogP contribution in [0.1, 0.15) is 122 Å². The molecule has 4 aromatic carbocycles. The van der Waals surface area contributed by atoms with Crippen LogP contribution in [0.25, 0.3) is 84.9 Å². The van der Waals surface area contributed by atoms with Crippen molar-refractivity contribution >= 4 is 116 Å². The molecule has 8 aromatic heterocycles. The number of benzene rings is 4. The summed E-state index contributed by atoms with van der Waals surface area (Å²) in [5, 5.41) is 16.1. The molecular weight excluding hydrogens is 2000 g/mol. The second kappa shape index (κ2) is 45.1. The normalized spacial score (nSPS) is 17.3.